The van der Waals surface area contributed by atoms with E-state index in [2.05, 4.69) is 63.9 Å². The maximum Gasteiger partial charge on any atom is 0.233 e. The minimum Gasteiger partial charge on any atom is -0.339 e. The van der Waals surface area contributed by atoms with Gasteiger partial charge in [0.25, 0.3) is 0 Å². The molecule has 10 heteroatoms. The highest BCUT2D eigenvalue weighted by molar-refractivity contribution is 7.99. The van der Waals surface area contributed by atoms with Gasteiger partial charge in [-0.15, -0.1) is 5.10 Å². The Kier molecular flexibility index (Phi) is 8.14. The zero-order chi connectivity index (χ0) is 24.8. The third-order valence-electron chi connectivity index (χ3n) is 5.95. The fraction of sp³-hybridized carbons (Fsp3) is 0.400. The third kappa shape index (κ3) is 6.67. The molecular formula is C25H31N7O2S. The Morgan fingerprint density at radius 3 is 2.49 bits per heavy atom. The number of thioether (sulfide) groups is 1. The van der Waals surface area contributed by atoms with E-state index in [1.54, 1.807) is 16.8 Å². The number of tetrazole rings is 1. The number of anilines is 1. The second kappa shape index (κ2) is 11.5. The zero-order valence-corrected chi connectivity index (χ0v) is 21.2. The van der Waals surface area contributed by atoms with E-state index in [0.717, 1.165) is 19.6 Å². The molecule has 3 aromatic rings. The number of nitrogens with one attached hydrogen (secondary N) is 1. The van der Waals surface area contributed by atoms with Crippen LogP contribution in [0.25, 0.3) is 5.69 Å². The van der Waals surface area contributed by atoms with Gasteiger partial charge >= 0.3 is 0 Å². The monoisotopic (exact) mass is 493 g/mol. The van der Waals surface area contributed by atoms with E-state index >= 15 is 0 Å². The van der Waals surface area contributed by atoms with Gasteiger partial charge in [-0.25, -0.2) is 0 Å². The van der Waals surface area contributed by atoms with Crippen LogP contribution in [0.3, 0.4) is 0 Å². The molecule has 0 spiro atoms. The lowest BCUT2D eigenvalue weighted by atomic mass is 10.0. The van der Waals surface area contributed by atoms with Gasteiger partial charge in [-0.1, -0.05) is 55.9 Å². The van der Waals surface area contributed by atoms with Crippen molar-refractivity contribution in [2.45, 2.75) is 38.4 Å². The molecule has 1 aliphatic heterocycles. The highest BCUT2D eigenvalue weighted by Gasteiger charge is 2.22. The summed E-state index contributed by atoms with van der Waals surface area (Å²) < 4.78 is 1.58. The van der Waals surface area contributed by atoms with Gasteiger partial charge in [0, 0.05) is 45.3 Å². The highest BCUT2D eigenvalue weighted by atomic mass is 32.2. The fourth-order valence-corrected chi connectivity index (χ4v) is 4.78. The van der Waals surface area contributed by atoms with Crippen LogP contribution in [0.2, 0.25) is 0 Å². The SMILES string of the molecule is CC(=O)Nc1cccc(-n2nnnc2SCC(=O)N2CCN(Cc3ccc(C(C)C)cc3)CC2)c1. The summed E-state index contributed by atoms with van der Waals surface area (Å²) >= 11 is 1.31. The van der Waals surface area contributed by atoms with Gasteiger partial charge in [0.15, 0.2) is 0 Å². The Morgan fingerprint density at radius 1 is 1.06 bits per heavy atom. The Hall–Kier alpha value is -3.24. The summed E-state index contributed by atoms with van der Waals surface area (Å²) in [5.41, 5.74) is 4.03. The predicted molar refractivity (Wildman–Crippen MR) is 137 cm³/mol. The first-order valence-corrected chi connectivity index (χ1v) is 12.8. The summed E-state index contributed by atoms with van der Waals surface area (Å²) in [7, 11) is 0. The molecule has 9 nitrogen and oxygen atoms in total. The number of nitrogens with zero attached hydrogens (tertiary/aromatic N) is 6. The number of carbonyl (C=O) groups is 2. The van der Waals surface area contributed by atoms with Crippen molar-refractivity contribution in [3.8, 4) is 5.69 Å². The van der Waals surface area contributed by atoms with Crippen molar-refractivity contribution < 1.29 is 9.59 Å². The van der Waals surface area contributed by atoms with E-state index in [-0.39, 0.29) is 17.6 Å². The highest BCUT2D eigenvalue weighted by Crippen LogP contribution is 2.21. The second-order valence-electron chi connectivity index (χ2n) is 8.95. The average Bonchev–Trinajstić information content (AvgIpc) is 3.32. The standard InChI is InChI=1S/C25H31N7O2S/c1-18(2)21-9-7-20(8-10-21)16-30-11-13-31(14-12-30)24(34)17-35-25-27-28-29-32(25)23-6-4-5-22(15-23)26-19(3)33/h4-10,15,18H,11-14,16-17H2,1-3H3,(H,26,33). The van der Waals surface area contributed by atoms with E-state index in [1.165, 1.54) is 29.8 Å². The summed E-state index contributed by atoms with van der Waals surface area (Å²) in [6.45, 7) is 9.92. The van der Waals surface area contributed by atoms with Crippen molar-refractivity contribution in [3.63, 3.8) is 0 Å². The Labute approximate surface area is 209 Å². The molecule has 2 heterocycles. The van der Waals surface area contributed by atoms with Crippen LogP contribution < -0.4 is 5.32 Å². The number of hydrogen-bond acceptors (Lipinski definition) is 7. The molecule has 0 saturated carbocycles. The van der Waals surface area contributed by atoms with E-state index in [9.17, 15) is 9.59 Å². The molecule has 0 atom stereocenters. The first-order chi connectivity index (χ1) is 16.9. The van der Waals surface area contributed by atoms with Crippen molar-refractivity contribution in [3.05, 3.63) is 59.7 Å². The van der Waals surface area contributed by atoms with E-state index in [4.69, 9.17) is 0 Å². The number of benzene rings is 2. The second-order valence-corrected chi connectivity index (χ2v) is 9.89. The Bertz CT molecular complexity index is 1150. The molecule has 2 amide bonds. The number of aromatic nitrogens is 4. The molecule has 1 fully saturated rings. The lowest BCUT2D eigenvalue weighted by Crippen LogP contribution is -2.48. The van der Waals surface area contributed by atoms with Crippen molar-refractivity contribution >= 4 is 29.3 Å². The van der Waals surface area contributed by atoms with Gasteiger partial charge in [0.05, 0.1) is 11.4 Å². The van der Waals surface area contributed by atoms with Crippen LogP contribution in [0.4, 0.5) is 5.69 Å². The van der Waals surface area contributed by atoms with Crippen LogP contribution in [-0.2, 0) is 16.1 Å². The summed E-state index contributed by atoms with van der Waals surface area (Å²) in [6, 6.07) is 16.1. The molecule has 0 bridgehead atoms. The minimum atomic E-state index is -0.150. The van der Waals surface area contributed by atoms with Gasteiger partial charge in [-0.2, -0.15) is 4.68 Å². The molecule has 1 aliphatic rings. The maximum absolute atomic E-state index is 12.8. The summed E-state index contributed by atoms with van der Waals surface area (Å²) in [4.78, 5) is 28.5. The van der Waals surface area contributed by atoms with Gasteiger partial charge < -0.3 is 10.2 Å². The molecule has 4 rings (SSSR count). The van der Waals surface area contributed by atoms with Crippen molar-refractivity contribution in [1.82, 2.24) is 30.0 Å². The Balaban J connectivity index is 1.27. The fourth-order valence-electron chi connectivity index (χ4n) is 3.99. The molecule has 184 valence electrons. The smallest absolute Gasteiger partial charge is 0.233 e. The molecule has 0 aliphatic carbocycles. The molecule has 1 aromatic heterocycles. The first kappa shape index (κ1) is 24.9. The normalized spacial score (nSPS) is 14.3. The number of amides is 2. The van der Waals surface area contributed by atoms with Crippen LogP contribution in [0, 0.1) is 0 Å². The minimum absolute atomic E-state index is 0.0810. The number of piperazine rings is 1. The lowest BCUT2D eigenvalue weighted by Gasteiger charge is -2.34. The van der Waals surface area contributed by atoms with E-state index in [0.29, 0.717) is 35.5 Å². The van der Waals surface area contributed by atoms with Gasteiger partial charge in [-0.05, 0) is 45.7 Å². The number of hydrogen-bond donors (Lipinski definition) is 1. The van der Waals surface area contributed by atoms with E-state index < -0.39 is 0 Å². The van der Waals surface area contributed by atoms with Gasteiger partial charge in [0.1, 0.15) is 0 Å². The molecule has 1 N–H and O–H groups in total. The summed E-state index contributed by atoms with van der Waals surface area (Å²) in [6.07, 6.45) is 0. The van der Waals surface area contributed by atoms with Crippen LogP contribution in [0.5, 0.6) is 0 Å². The van der Waals surface area contributed by atoms with Crippen LogP contribution in [0.1, 0.15) is 37.8 Å². The lowest BCUT2D eigenvalue weighted by molar-refractivity contribution is -0.130. The molecule has 0 radical (unpaired) electrons. The molecular weight excluding hydrogens is 462 g/mol. The average molecular weight is 494 g/mol. The summed E-state index contributed by atoms with van der Waals surface area (Å²) in [5, 5.41) is 15.2. The topological polar surface area (TPSA) is 96.2 Å². The molecule has 0 unspecified atom stereocenters. The van der Waals surface area contributed by atoms with Crippen molar-refractivity contribution in [2.24, 2.45) is 0 Å². The molecule has 2 aromatic carbocycles. The summed E-state index contributed by atoms with van der Waals surface area (Å²) in [5.74, 6) is 0.735. The number of carbonyl (C=O) groups excluding carboxylic acids is 2. The Morgan fingerprint density at radius 2 is 1.80 bits per heavy atom. The van der Waals surface area contributed by atoms with Crippen LogP contribution in [0.15, 0.2) is 53.7 Å². The largest absolute Gasteiger partial charge is 0.339 e. The van der Waals surface area contributed by atoms with Crippen molar-refractivity contribution in [1.29, 1.82) is 0 Å². The third-order valence-corrected chi connectivity index (χ3v) is 6.86. The van der Waals surface area contributed by atoms with Gasteiger partial charge in [-0.3, -0.25) is 14.5 Å². The quantitative estimate of drug-likeness (QED) is 0.482. The molecule has 1 saturated heterocycles. The van der Waals surface area contributed by atoms with E-state index in [1.807, 2.05) is 17.0 Å². The van der Waals surface area contributed by atoms with Gasteiger partial charge in [0.2, 0.25) is 17.0 Å². The zero-order valence-electron chi connectivity index (χ0n) is 20.3. The van der Waals surface area contributed by atoms with Crippen LogP contribution >= 0.6 is 11.8 Å². The van der Waals surface area contributed by atoms with Crippen molar-refractivity contribution in [2.75, 3.05) is 37.2 Å². The number of rotatable bonds is 8. The first-order valence-electron chi connectivity index (χ1n) is 11.8. The molecule has 35 heavy (non-hydrogen) atoms. The van der Waals surface area contributed by atoms with Crippen LogP contribution in [-0.4, -0.2) is 73.8 Å². The maximum atomic E-state index is 12.8. The predicted octanol–water partition coefficient (Wildman–Crippen LogP) is 3.18.